The molecule has 0 atom stereocenters. The average molecular weight is 130 g/mol. The van der Waals surface area contributed by atoms with Gasteiger partial charge in [-0.2, -0.15) is 0 Å². The summed E-state index contributed by atoms with van der Waals surface area (Å²) in [6.07, 6.45) is 3.95. The third-order valence-corrected chi connectivity index (χ3v) is 0.802. The van der Waals surface area contributed by atoms with Crippen LogP contribution in [0.4, 0.5) is 0 Å². The van der Waals surface area contributed by atoms with Crippen molar-refractivity contribution >= 4 is 0 Å². The second kappa shape index (κ2) is 5.24. The maximum atomic E-state index is 9.65. The van der Waals surface area contributed by atoms with E-state index in [1.54, 1.807) is 0 Å². The highest BCUT2D eigenvalue weighted by atomic mass is 16.6. The standard InChI is InChI=1S/C5H10N2O2/c6-4-2-1-3-5-7(8)9/h3,5H,1-2,4,6H2. The second-order valence-corrected chi connectivity index (χ2v) is 1.60. The van der Waals surface area contributed by atoms with Crippen molar-refractivity contribution in [1.82, 2.24) is 0 Å². The first kappa shape index (κ1) is 8.10. The van der Waals surface area contributed by atoms with E-state index in [0.717, 1.165) is 12.6 Å². The van der Waals surface area contributed by atoms with E-state index in [4.69, 9.17) is 5.73 Å². The van der Waals surface area contributed by atoms with Gasteiger partial charge in [-0.25, -0.2) is 0 Å². The minimum absolute atomic E-state index is 0.476. The summed E-state index contributed by atoms with van der Waals surface area (Å²) in [6.45, 7) is 0.585. The van der Waals surface area contributed by atoms with Crippen LogP contribution in [-0.2, 0) is 0 Å². The first-order valence-corrected chi connectivity index (χ1v) is 2.77. The Morgan fingerprint density at radius 2 is 2.33 bits per heavy atom. The Labute approximate surface area is 53.5 Å². The Hall–Kier alpha value is -0.900. The molecule has 0 aromatic heterocycles. The molecule has 9 heavy (non-hydrogen) atoms. The van der Waals surface area contributed by atoms with Crippen LogP contribution < -0.4 is 5.73 Å². The Kier molecular flexibility index (Phi) is 4.72. The largest absolute Gasteiger partial charge is 0.330 e. The van der Waals surface area contributed by atoms with Crippen molar-refractivity contribution in [2.75, 3.05) is 6.54 Å². The van der Waals surface area contributed by atoms with Crippen LogP contribution in [0.2, 0.25) is 0 Å². The highest BCUT2D eigenvalue weighted by Gasteiger charge is 1.83. The van der Waals surface area contributed by atoms with E-state index < -0.39 is 4.92 Å². The molecule has 0 amide bonds. The molecule has 0 aliphatic heterocycles. The molecular formula is C5H10N2O2. The van der Waals surface area contributed by atoms with Gasteiger partial charge in [0.05, 0.1) is 4.92 Å². The summed E-state index contributed by atoms with van der Waals surface area (Å²) < 4.78 is 0. The topological polar surface area (TPSA) is 69.2 Å². The number of nitro groups is 1. The van der Waals surface area contributed by atoms with Gasteiger partial charge in [-0.15, -0.1) is 0 Å². The zero-order valence-electron chi connectivity index (χ0n) is 5.12. The smallest absolute Gasteiger partial charge is 0.230 e. The van der Waals surface area contributed by atoms with Crippen LogP contribution in [0.25, 0.3) is 0 Å². The molecule has 0 bridgehead atoms. The molecule has 0 aliphatic carbocycles. The van der Waals surface area contributed by atoms with E-state index >= 15 is 0 Å². The number of rotatable bonds is 4. The molecule has 0 saturated heterocycles. The van der Waals surface area contributed by atoms with Crippen LogP contribution in [0.5, 0.6) is 0 Å². The van der Waals surface area contributed by atoms with Crippen LogP contribution in [0.15, 0.2) is 12.3 Å². The number of hydrogen-bond donors (Lipinski definition) is 1. The molecule has 0 rings (SSSR count). The van der Waals surface area contributed by atoms with Crippen molar-refractivity contribution in [2.24, 2.45) is 5.73 Å². The molecule has 0 aromatic rings. The Morgan fingerprint density at radius 1 is 1.67 bits per heavy atom. The van der Waals surface area contributed by atoms with Crippen LogP contribution in [0.3, 0.4) is 0 Å². The van der Waals surface area contributed by atoms with Gasteiger partial charge in [0, 0.05) is 0 Å². The normalized spacial score (nSPS) is 10.3. The van der Waals surface area contributed by atoms with Crippen LogP contribution in [-0.4, -0.2) is 11.5 Å². The Bertz CT molecular complexity index is 112. The number of allylic oxidation sites excluding steroid dienone is 1. The Balaban J connectivity index is 3.15. The lowest BCUT2D eigenvalue weighted by Gasteiger charge is -1.84. The number of nitrogens with zero attached hydrogens (tertiary/aromatic N) is 1. The van der Waals surface area contributed by atoms with Crippen LogP contribution >= 0.6 is 0 Å². The summed E-state index contributed by atoms with van der Waals surface area (Å²) in [6, 6.07) is 0. The predicted octanol–water partition coefficient (Wildman–Crippen LogP) is 0.516. The van der Waals surface area contributed by atoms with Crippen LogP contribution in [0.1, 0.15) is 12.8 Å². The molecule has 0 saturated carbocycles. The van der Waals surface area contributed by atoms with Crippen molar-refractivity contribution in [3.63, 3.8) is 0 Å². The summed E-state index contributed by atoms with van der Waals surface area (Å²) in [5.41, 5.74) is 5.14. The molecule has 4 nitrogen and oxygen atoms in total. The van der Waals surface area contributed by atoms with Crippen molar-refractivity contribution in [3.8, 4) is 0 Å². The van der Waals surface area contributed by atoms with Gasteiger partial charge < -0.3 is 5.73 Å². The first-order valence-electron chi connectivity index (χ1n) is 2.77. The molecule has 0 spiro atoms. The quantitative estimate of drug-likeness (QED) is 0.342. The van der Waals surface area contributed by atoms with E-state index in [0.29, 0.717) is 13.0 Å². The molecule has 0 aromatic carbocycles. The number of unbranched alkanes of at least 4 members (excludes halogenated alkanes) is 1. The summed E-state index contributed by atoms with van der Waals surface area (Å²) >= 11 is 0. The fraction of sp³-hybridized carbons (Fsp3) is 0.600. The molecule has 0 unspecified atom stereocenters. The van der Waals surface area contributed by atoms with Crippen molar-refractivity contribution in [3.05, 3.63) is 22.4 Å². The lowest BCUT2D eigenvalue weighted by Crippen LogP contribution is -1.96. The SMILES string of the molecule is NCCCC=C[N+](=O)[O-]. The molecule has 52 valence electrons. The second-order valence-electron chi connectivity index (χ2n) is 1.60. The van der Waals surface area contributed by atoms with Gasteiger partial charge >= 0.3 is 0 Å². The summed E-state index contributed by atoms with van der Waals surface area (Å²) in [7, 11) is 0. The zero-order valence-corrected chi connectivity index (χ0v) is 5.12. The van der Waals surface area contributed by atoms with Crippen molar-refractivity contribution in [2.45, 2.75) is 12.8 Å². The van der Waals surface area contributed by atoms with E-state index in [1.807, 2.05) is 0 Å². The van der Waals surface area contributed by atoms with Crippen LogP contribution in [0, 0.1) is 10.1 Å². The Morgan fingerprint density at radius 3 is 2.78 bits per heavy atom. The van der Waals surface area contributed by atoms with Gasteiger partial charge in [0.25, 0.3) is 0 Å². The van der Waals surface area contributed by atoms with E-state index in [9.17, 15) is 10.1 Å². The monoisotopic (exact) mass is 130 g/mol. The fourth-order valence-electron chi connectivity index (χ4n) is 0.396. The molecule has 0 heterocycles. The maximum Gasteiger partial charge on any atom is 0.230 e. The third kappa shape index (κ3) is 7.10. The molecular weight excluding hydrogens is 120 g/mol. The van der Waals surface area contributed by atoms with Crippen molar-refractivity contribution < 1.29 is 4.92 Å². The highest BCUT2D eigenvalue weighted by Crippen LogP contribution is 1.87. The first-order chi connectivity index (χ1) is 4.27. The zero-order chi connectivity index (χ0) is 7.11. The fourth-order valence-corrected chi connectivity index (χ4v) is 0.396. The number of hydrogen-bond acceptors (Lipinski definition) is 3. The average Bonchev–Trinajstić information content (AvgIpc) is 1.80. The molecule has 0 fully saturated rings. The lowest BCUT2D eigenvalue weighted by molar-refractivity contribution is -0.402. The van der Waals surface area contributed by atoms with Crippen molar-refractivity contribution in [1.29, 1.82) is 0 Å². The van der Waals surface area contributed by atoms with Gasteiger partial charge in [-0.05, 0) is 25.5 Å². The third-order valence-electron chi connectivity index (χ3n) is 0.802. The molecule has 4 heteroatoms. The molecule has 0 radical (unpaired) electrons. The van der Waals surface area contributed by atoms with Gasteiger partial charge in [-0.3, -0.25) is 10.1 Å². The number of nitrogens with two attached hydrogens (primary N) is 1. The predicted molar refractivity (Wildman–Crippen MR) is 34.4 cm³/mol. The summed E-state index contributed by atoms with van der Waals surface area (Å²) in [5, 5.41) is 9.65. The maximum absolute atomic E-state index is 9.65. The van der Waals surface area contributed by atoms with E-state index in [-0.39, 0.29) is 0 Å². The molecule has 0 aliphatic rings. The summed E-state index contributed by atoms with van der Waals surface area (Å²) in [5.74, 6) is 0. The minimum Gasteiger partial charge on any atom is -0.330 e. The van der Waals surface area contributed by atoms with Gasteiger partial charge in [0.15, 0.2) is 0 Å². The lowest BCUT2D eigenvalue weighted by atomic mass is 10.3. The highest BCUT2D eigenvalue weighted by molar-refractivity contribution is 4.71. The van der Waals surface area contributed by atoms with Gasteiger partial charge in [-0.1, -0.05) is 0 Å². The summed E-state index contributed by atoms with van der Waals surface area (Å²) in [4.78, 5) is 9.17. The van der Waals surface area contributed by atoms with E-state index in [1.165, 1.54) is 6.08 Å². The molecule has 2 N–H and O–H groups in total. The van der Waals surface area contributed by atoms with Gasteiger partial charge in [0.1, 0.15) is 0 Å². The van der Waals surface area contributed by atoms with Gasteiger partial charge in [0.2, 0.25) is 6.20 Å². The van der Waals surface area contributed by atoms with E-state index in [2.05, 4.69) is 0 Å². The minimum atomic E-state index is -0.476.